The Hall–Kier alpha value is -1.55. The molecule has 0 saturated carbocycles. The van der Waals surface area contributed by atoms with Gasteiger partial charge in [-0.25, -0.2) is 0 Å². The fourth-order valence-corrected chi connectivity index (χ4v) is 2.44. The average Bonchev–Trinajstić information content (AvgIpc) is 2.81. The summed E-state index contributed by atoms with van der Waals surface area (Å²) >= 11 is 0. The van der Waals surface area contributed by atoms with E-state index >= 15 is 0 Å². The predicted octanol–water partition coefficient (Wildman–Crippen LogP) is 1.78. The van der Waals surface area contributed by atoms with Gasteiger partial charge in [0.1, 0.15) is 5.75 Å². The molecule has 19 heavy (non-hydrogen) atoms. The van der Waals surface area contributed by atoms with Crippen LogP contribution in [0.25, 0.3) is 0 Å². The summed E-state index contributed by atoms with van der Waals surface area (Å²) in [6.45, 7) is 6.80. The van der Waals surface area contributed by atoms with Gasteiger partial charge in [-0.1, -0.05) is 26.0 Å². The summed E-state index contributed by atoms with van der Waals surface area (Å²) in [5.41, 5.74) is 7.84. The van der Waals surface area contributed by atoms with Gasteiger partial charge in [0.05, 0.1) is 12.6 Å². The van der Waals surface area contributed by atoms with E-state index in [0.717, 1.165) is 24.3 Å². The minimum atomic E-state index is -0.306. The number of hydrogen-bond acceptors (Lipinski definition) is 3. The number of amides is 1. The Kier molecular flexibility index (Phi) is 4.10. The Balaban J connectivity index is 2.11. The van der Waals surface area contributed by atoms with Crippen LogP contribution in [0.5, 0.6) is 5.75 Å². The number of nitrogens with two attached hydrogens (primary N) is 1. The van der Waals surface area contributed by atoms with Crippen molar-refractivity contribution in [3.8, 4) is 5.75 Å². The molecule has 1 aromatic carbocycles. The van der Waals surface area contributed by atoms with Gasteiger partial charge in [0, 0.05) is 12.5 Å². The third kappa shape index (κ3) is 3.07. The van der Waals surface area contributed by atoms with Crippen LogP contribution in [0.3, 0.4) is 0 Å². The second-order valence-electron chi connectivity index (χ2n) is 5.48. The van der Waals surface area contributed by atoms with Crippen LogP contribution in [0.1, 0.15) is 37.9 Å². The minimum Gasteiger partial charge on any atom is -0.493 e. The van der Waals surface area contributed by atoms with Gasteiger partial charge >= 0.3 is 0 Å². The van der Waals surface area contributed by atoms with Gasteiger partial charge in [0.25, 0.3) is 0 Å². The van der Waals surface area contributed by atoms with Gasteiger partial charge in [-0.3, -0.25) is 10.1 Å². The van der Waals surface area contributed by atoms with Crippen LogP contribution in [0.15, 0.2) is 18.2 Å². The molecule has 2 unspecified atom stereocenters. The summed E-state index contributed by atoms with van der Waals surface area (Å²) in [4.78, 5) is 11.4. The van der Waals surface area contributed by atoms with Crippen LogP contribution in [0.2, 0.25) is 0 Å². The first kappa shape index (κ1) is 13.9. The molecular formula is C15H22N2O2. The Morgan fingerprint density at radius 1 is 1.37 bits per heavy atom. The molecule has 0 spiro atoms. The topological polar surface area (TPSA) is 64.3 Å². The van der Waals surface area contributed by atoms with Crippen molar-refractivity contribution in [2.75, 3.05) is 6.61 Å². The van der Waals surface area contributed by atoms with E-state index in [-0.39, 0.29) is 23.9 Å². The van der Waals surface area contributed by atoms with Gasteiger partial charge in [0.15, 0.2) is 0 Å². The van der Waals surface area contributed by atoms with Crippen LogP contribution in [-0.2, 0) is 11.2 Å². The largest absolute Gasteiger partial charge is 0.493 e. The lowest BCUT2D eigenvalue weighted by molar-refractivity contribution is -0.121. The van der Waals surface area contributed by atoms with Crippen molar-refractivity contribution in [1.29, 1.82) is 0 Å². The number of nitrogens with one attached hydrogen (secondary N) is 1. The highest BCUT2D eigenvalue weighted by Gasteiger charge is 2.22. The molecule has 104 valence electrons. The zero-order valence-corrected chi connectivity index (χ0v) is 11.8. The van der Waals surface area contributed by atoms with E-state index in [1.807, 2.05) is 26.0 Å². The van der Waals surface area contributed by atoms with E-state index in [1.54, 1.807) is 0 Å². The van der Waals surface area contributed by atoms with Crippen molar-refractivity contribution in [1.82, 2.24) is 5.32 Å². The summed E-state index contributed by atoms with van der Waals surface area (Å²) in [7, 11) is 0. The van der Waals surface area contributed by atoms with Crippen LogP contribution in [0.4, 0.5) is 0 Å². The van der Waals surface area contributed by atoms with Crippen molar-refractivity contribution < 1.29 is 9.53 Å². The molecule has 1 aliphatic heterocycles. The fraction of sp³-hybridized carbons (Fsp3) is 0.533. The molecule has 0 saturated heterocycles. The number of carbonyl (C=O) groups excluding carboxylic acids is 1. The summed E-state index contributed by atoms with van der Waals surface area (Å²) in [6, 6.07) is 5.98. The number of fused-ring (bicyclic) bond motifs is 1. The molecular weight excluding hydrogens is 240 g/mol. The van der Waals surface area contributed by atoms with Crippen molar-refractivity contribution in [3.05, 3.63) is 29.3 Å². The smallest absolute Gasteiger partial charge is 0.234 e. The van der Waals surface area contributed by atoms with Crippen LogP contribution in [0, 0.1) is 5.92 Å². The van der Waals surface area contributed by atoms with E-state index in [0.29, 0.717) is 0 Å². The molecule has 1 aromatic rings. The Morgan fingerprint density at radius 2 is 2.11 bits per heavy atom. The lowest BCUT2D eigenvalue weighted by Crippen LogP contribution is -2.45. The molecule has 0 aliphatic carbocycles. The fourth-order valence-electron chi connectivity index (χ4n) is 2.44. The highest BCUT2D eigenvalue weighted by Crippen LogP contribution is 2.28. The van der Waals surface area contributed by atoms with Gasteiger partial charge in [-0.05, 0) is 30.0 Å². The van der Waals surface area contributed by atoms with Gasteiger partial charge in [0.2, 0.25) is 5.91 Å². The number of primary amides is 1. The van der Waals surface area contributed by atoms with Gasteiger partial charge < -0.3 is 10.5 Å². The maximum absolute atomic E-state index is 11.4. The first-order valence-electron chi connectivity index (χ1n) is 6.80. The molecule has 4 heteroatoms. The second kappa shape index (κ2) is 5.61. The van der Waals surface area contributed by atoms with Crippen LogP contribution >= 0.6 is 0 Å². The molecule has 3 N–H and O–H groups in total. The molecule has 0 fully saturated rings. The lowest BCUT2D eigenvalue weighted by Gasteiger charge is -2.24. The number of rotatable bonds is 5. The standard InChI is InChI=1S/C15H22N2O2/c1-9(2)14(15(16)18)17-10(3)11-4-5-13-12(8-11)6-7-19-13/h4-5,8-10,14,17H,6-7H2,1-3H3,(H2,16,18). The highest BCUT2D eigenvalue weighted by atomic mass is 16.5. The Morgan fingerprint density at radius 3 is 2.74 bits per heavy atom. The van der Waals surface area contributed by atoms with E-state index < -0.39 is 0 Å². The average molecular weight is 262 g/mol. The van der Waals surface area contributed by atoms with Crippen molar-refractivity contribution in [2.24, 2.45) is 11.7 Å². The number of carbonyl (C=O) groups is 1. The van der Waals surface area contributed by atoms with Crippen molar-refractivity contribution >= 4 is 5.91 Å². The van der Waals surface area contributed by atoms with E-state index in [1.165, 1.54) is 5.56 Å². The molecule has 1 amide bonds. The van der Waals surface area contributed by atoms with Crippen LogP contribution < -0.4 is 15.8 Å². The number of ether oxygens (including phenoxy) is 1. The number of hydrogen-bond donors (Lipinski definition) is 2. The highest BCUT2D eigenvalue weighted by molar-refractivity contribution is 5.80. The van der Waals surface area contributed by atoms with E-state index in [2.05, 4.69) is 18.3 Å². The molecule has 1 aliphatic rings. The zero-order chi connectivity index (χ0) is 14.0. The summed E-state index contributed by atoms with van der Waals surface area (Å²) < 4.78 is 5.50. The van der Waals surface area contributed by atoms with Crippen LogP contribution in [-0.4, -0.2) is 18.6 Å². The molecule has 0 radical (unpaired) electrons. The number of benzene rings is 1. The SMILES string of the molecule is CC(NC(C(N)=O)C(C)C)c1ccc2c(c1)CCO2. The predicted molar refractivity (Wildman–Crippen MR) is 75.0 cm³/mol. The lowest BCUT2D eigenvalue weighted by atomic mass is 9.99. The van der Waals surface area contributed by atoms with Gasteiger partial charge in [-0.15, -0.1) is 0 Å². The molecule has 1 heterocycles. The summed E-state index contributed by atoms with van der Waals surface area (Å²) in [6.07, 6.45) is 0.958. The molecule has 2 atom stereocenters. The zero-order valence-electron chi connectivity index (χ0n) is 11.8. The first-order chi connectivity index (χ1) is 8.99. The third-order valence-electron chi connectivity index (χ3n) is 3.62. The van der Waals surface area contributed by atoms with Gasteiger partial charge in [-0.2, -0.15) is 0 Å². The normalized spacial score (nSPS) is 16.8. The maximum Gasteiger partial charge on any atom is 0.234 e. The Bertz CT molecular complexity index is 471. The van der Waals surface area contributed by atoms with E-state index in [4.69, 9.17) is 10.5 Å². The molecule has 0 bridgehead atoms. The van der Waals surface area contributed by atoms with E-state index in [9.17, 15) is 4.79 Å². The first-order valence-corrected chi connectivity index (χ1v) is 6.80. The molecule has 2 rings (SSSR count). The van der Waals surface area contributed by atoms with Crippen molar-refractivity contribution in [2.45, 2.75) is 39.3 Å². The monoisotopic (exact) mass is 262 g/mol. The Labute approximate surface area is 114 Å². The maximum atomic E-state index is 11.4. The summed E-state index contributed by atoms with van der Waals surface area (Å²) in [5, 5.41) is 3.31. The minimum absolute atomic E-state index is 0.0887. The third-order valence-corrected chi connectivity index (χ3v) is 3.62. The second-order valence-corrected chi connectivity index (χ2v) is 5.48. The molecule has 0 aromatic heterocycles. The van der Waals surface area contributed by atoms with Crippen molar-refractivity contribution in [3.63, 3.8) is 0 Å². The quantitative estimate of drug-likeness (QED) is 0.850. The molecule has 4 nitrogen and oxygen atoms in total. The summed E-state index contributed by atoms with van der Waals surface area (Å²) in [5.74, 6) is 0.857.